The number of hydrogen-bond acceptors (Lipinski definition) is 4. The predicted octanol–water partition coefficient (Wildman–Crippen LogP) is 3.45. The highest BCUT2D eigenvalue weighted by Crippen LogP contribution is 2.22. The molecule has 0 N–H and O–H groups in total. The van der Waals surface area contributed by atoms with Crippen molar-refractivity contribution >= 4 is 23.2 Å². The first-order valence-corrected chi connectivity index (χ1v) is 10.2. The Labute approximate surface area is 164 Å². The number of carbonyl (C=O) groups is 2. The average Bonchev–Trinajstić information content (AvgIpc) is 3.23. The average molecular weight is 387 g/mol. The lowest BCUT2D eigenvalue weighted by atomic mass is 9.95. The Morgan fingerprint density at radius 2 is 1.93 bits per heavy atom. The van der Waals surface area contributed by atoms with Crippen LogP contribution in [0.15, 0.2) is 41.8 Å². The van der Waals surface area contributed by atoms with E-state index in [4.69, 9.17) is 4.74 Å². The number of thiophene rings is 1. The number of piperidine rings is 1. The molecular formula is C21H26N2O3S. The molecule has 27 heavy (non-hydrogen) atoms. The fraction of sp³-hybridized carbons (Fsp3) is 0.429. The third-order valence-corrected chi connectivity index (χ3v) is 5.88. The molecule has 5 nitrogen and oxygen atoms in total. The van der Waals surface area contributed by atoms with Crippen molar-refractivity contribution in [1.29, 1.82) is 0 Å². The maximum atomic E-state index is 12.7. The third-order valence-electron chi connectivity index (χ3n) is 5.02. The zero-order chi connectivity index (χ0) is 19.2. The zero-order valence-corrected chi connectivity index (χ0v) is 16.7. The Balaban J connectivity index is 1.43. The molecule has 3 rings (SSSR count). The largest absolute Gasteiger partial charge is 0.491 e. The molecule has 0 bridgehead atoms. The fourth-order valence-corrected chi connectivity index (χ4v) is 4.01. The maximum Gasteiger partial charge on any atom is 0.263 e. The molecule has 144 valence electrons. The van der Waals surface area contributed by atoms with E-state index < -0.39 is 0 Å². The molecule has 1 saturated heterocycles. The summed E-state index contributed by atoms with van der Waals surface area (Å²) in [5.41, 5.74) is 1.09. The molecule has 0 unspecified atom stereocenters. The minimum absolute atomic E-state index is 0.0131. The Morgan fingerprint density at radius 3 is 2.59 bits per heavy atom. The lowest BCUT2D eigenvalue weighted by Gasteiger charge is -2.33. The van der Waals surface area contributed by atoms with E-state index in [1.54, 1.807) is 4.90 Å². The number of likely N-dealkylation sites (tertiary alicyclic amines) is 1. The van der Waals surface area contributed by atoms with Gasteiger partial charge in [0.2, 0.25) is 5.91 Å². The van der Waals surface area contributed by atoms with Crippen LogP contribution in [0.4, 0.5) is 0 Å². The minimum atomic E-state index is -0.0131. The van der Waals surface area contributed by atoms with Gasteiger partial charge in [0.25, 0.3) is 5.91 Å². The van der Waals surface area contributed by atoms with Crippen LogP contribution in [-0.2, 0) is 4.79 Å². The van der Waals surface area contributed by atoms with Crippen molar-refractivity contribution in [2.45, 2.75) is 19.8 Å². The second kappa shape index (κ2) is 9.04. The minimum Gasteiger partial charge on any atom is -0.491 e. The summed E-state index contributed by atoms with van der Waals surface area (Å²) in [6.45, 7) is 4.32. The van der Waals surface area contributed by atoms with Crippen molar-refractivity contribution in [3.05, 3.63) is 52.2 Å². The molecular weight excluding hydrogens is 360 g/mol. The molecule has 1 aliphatic heterocycles. The zero-order valence-electron chi connectivity index (χ0n) is 15.9. The van der Waals surface area contributed by atoms with Gasteiger partial charge in [0.1, 0.15) is 12.4 Å². The number of aryl methyl sites for hydroxylation is 1. The number of benzene rings is 1. The van der Waals surface area contributed by atoms with Crippen molar-refractivity contribution in [2.24, 2.45) is 5.92 Å². The molecule has 1 aliphatic rings. The Morgan fingerprint density at radius 1 is 1.19 bits per heavy atom. The van der Waals surface area contributed by atoms with E-state index in [-0.39, 0.29) is 17.7 Å². The smallest absolute Gasteiger partial charge is 0.263 e. The van der Waals surface area contributed by atoms with Crippen LogP contribution in [0.2, 0.25) is 0 Å². The highest BCUT2D eigenvalue weighted by molar-refractivity contribution is 7.12. The van der Waals surface area contributed by atoms with Crippen molar-refractivity contribution in [1.82, 2.24) is 9.80 Å². The van der Waals surface area contributed by atoms with Crippen LogP contribution in [0.1, 0.15) is 28.1 Å². The first-order valence-electron chi connectivity index (χ1n) is 9.32. The van der Waals surface area contributed by atoms with Crippen LogP contribution >= 0.6 is 11.3 Å². The summed E-state index contributed by atoms with van der Waals surface area (Å²) in [7, 11) is 1.83. The lowest BCUT2D eigenvalue weighted by molar-refractivity contribution is -0.135. The monoisotopic (exact) mass is 386 g/mol. The summed E-state index contributed by atoms with van der Waals surface area (Å²) in [5.74, 6) is 1.07. The Kier molecular flexibility index (Phi) is 6.50. The van der Waals surface area contributed by atoms with Crippen molar-refractivity contribution in [3.8, 4) is 5.75 Å². The van der Waals surface area contributed by atoms with Gasteiger partial charge in [-0.15, -0.1) is 11.3 Å². The summed E-state index contributed by atoms with van der Waals surface area (Å²) < 4.78 is 5.79. The van der Waals surface area contributed by atoms with Gasteiger partial charge in [-0.05, 0) is 42.8 Å². The van der Waals surface area contributed by atoms with Gasteiger partial charge in [-0.25, -0.2) is 0 Å². The SMILES string of the molecule is Cc1ccccc1OCCN(C)C(=O)C1CCN(C(=O)c2cccs2)CC1. The molecule has 2 aromatic rings. The van der Waals surface area contributed by atoms with Crippen LogP contribution in [0.25, 0.3) is 0 Å². The molecule has 0 aliphatic carbocycles. The quantitative estimate of drug-likeness (QED) is 0.764. The summed E-state index contributed by atoms with van der Waals surface area (Å²) >= 11 is 1.46. The number of ether oxygens (including phenoxy) is 1. The van der Waals surface area contributed by atoms with Crippen LogP contribution < -0.4 is 4.74 Å². The molecule has 0 radical (unpaired) electrons. The molecule has 2 amide bonds. The number of amides is 2. The van der Waals surface area contributed by atoms with Gasteiger partial charge in [-0.2, -0.15) is 0 Å². The van der Waals surface area contributed by atoms with Crippen LogP contribution in [0, 0.1) is 12.8 Å². The highest BCUT2D eigenvalue weighted by atomic mass is 32.1. The van der Waals surface area contributed by atoms with E-state index in [9.17, 15) is 9.59 Å². The standard InChI is InChI=1S/C21H26N2O3S/c1-16-6-3-4-7-18(16)26-14-13-22(2)20(24)17-9-11-23(12-10-17)21(25)19-8-5-15-27-19/h3-8,15,17H,9-14H2,1-2H3. The van der Waals surface area contributed by atoms with Crippen molar-refractivity contribution in [3.63, 3.8) is 0 Å². The van der Waals surface area contributed by atoms with E-state index in [2.05, 4.69) is 0 Å². The number of nitrogens with zero attached hydrogens (tertiary/aromatic N) is 2. The second-order valence-electron chi connectivity index (χ2n) is 6.92. The van der Waals surface area contributed by atoms with E-state index >= 15 is 0 Å². The maximum absolute atomic E-state index is 12.7. The van der Waals surface area contributed by atoms with Crippen LogP contribution in [-0.4, -0.2) is 54.9 Å². The number of para-hydroxylation sites is 1. The van der Waals surface area contributed by atoms with E-state index in [1.807, 2.05) is 60.6 Å². The number of likely N-dealkylation sites (N-methyl/N-ethyl adjacent to an activating group) is 1. The van der Waals surface area contributed by atoms with Gasteiger partial charge in [0.15, 0.2) is 0 Å². The van der Waals surface area contributed by atoms with Gasteiger partial charge in [0.05, 0.1) is 11.4 Å². The molecule has 2 heterocycles. The third kappa shape index (κ3) is 4.89. The van der Waals surface area contributed by atoms with Gasteiger partial charge in [-0.3, -0.25) is 9.59 Å². The summed E-state index contributed by atoms with van der Waals surface area (Å²) in [6, 6.07) is 11.6. The first kappa shape index (κ1) is 19.4. The van der Waals surface area contributed by atoms with Crippen molar-refractivity contribution < 1.29 is 14.3 Å². The molecule has 1 aromatic carbocycles. The Hall–Kier alpha value is -2.34. The molecule has 1 aromatic heterocycles. The van der Waals surface area contributed by atoms with E-state index in [0.29, 0.717) is 26.2 Å². The van der Waals surface area contributed by atoms with Gasteiger partial charge in [-0.1, -0.05) is 24.3 Å². The van der Waals surface area contributed by atoms with E-state index in [0.717, 1.165) is 29.0 Å². The summed E-state index contributed by atoms with van der Waals surface area (Å²) in [5, 5.41) is 1.91. The van der Waals surface area contributed by atoms with E-state index in [1.165, 1.54) is 11.3 Å². The molecule has 1 fully saturated rings. The van der Waals surface area contributed by atoms with Gasteiger partial charge >= 0.3 is 0 Å². The molecule has 6 heteroatoms. The second-order valence-corrected chi connectivity index (χ2v) is 7.87. The van der Waals surface area contributed by atoms with Crippen LogP contribution in [0.3, 0.4) is 0 Å². The molecule has 0 atom stereocenters. The topological polar surface area (TPSA) is 49.9 Å². The number of hydrogen-bond donors (Lipinski definition) is 0. The highest BCUT2D eigenvalue weighted by Gasteiger charge is 2.29. The normalized spacial score (nSPS) is 14.8. The van der Waals surface area contributed by atoms with Gasteiger partial charge in [0, 0.05) is 26.1 Å². The number of carbonyl (C=O) groups excluding carboxylic acids is 2. The van der Waals surface area contributed by atoms with Crippen LogP contribution in [0.5, 0.6) is 5.75 Å². The van der Waals surface area contributed by atoms with Crippen molar-refractivity contribution in [2.75, 3.05) is 33.3 Å². The predicted molar refractivity (Wildman–Crippen MR) is 107 cm³/mol. The number of rotatable bonds is 6. The molecule has 0 saturated carbocycles. The van der Waals surface area contributed by atoms with Gasteiger partial charge < -0.3 is 14.5 Å². The fourth-order valence-electron chi connectivity index (χ4n) is 3.32. The Bertz CT molecular complexity index is 767. The summed E-state index contributed by atoms with van der Waals surface area (Å²) in [4.78, 5) is 29.5. The lowest BCUT2D eigenvalue weighted by Crippen LogP contribution is -2.44. The first-order chi connectivity index (χ1) is 13.1. The molecule has 0 spiro atoms. The summed E-state index contributed by atoms with van der Waals surface area (Å²) in [6.07, 6.45) is 1.44.